The van der Waals surface area contributed by atoms with Gasteiger partial charge in [0, 0.05) is 69.5 Å². The highest BCUT2D eigenvalue weighted by atomic mass is 35.5. The van der Waals surface area contributed by atoms with Crippen molar-refractivity contribution < 1.29 is 24.3 Å². The van der Waals surface area contributed by atoms with Gasteiger partial charge in [-0.1, -0.05) is 54.6 Å². The average Bonchev–Trinajstić information content (AvgIpc) is 3.47. The minimum absolute atomic E-state index is 0.0987. The standard InChI is InChI=1S/C45H46ClN5O5/c46-21-18-37(31-4-2-1-3-5-31)42(33-8-13-36(52)14-9-33)32-6-10-34(11-7-32)49-22-19-30(20-23-49)29-48-24-26-50(27-25-48)35-12-15-38-39(28-35)45(56)51(44(38)55)40-16-17-41(53)47-43(40)54/h1-15,28,30,40,52H,16-27,29H2,(H,47,53,54). The first-order valence-electron chi connectivity index (χ1n) is 19.6. The third-order valence-electron chi connectivity index (χ3n) is 11.7. The van der Waals surface area contributed by atoms with Crippen molar-refractivity contribution in [1.82, 2.24) is 15.1 Å². The molecule has 1 unspecified atom stereocenters. The molecule has 3 saturated heterocycles. The van der Waals surface area contributed by atoms with Crippen LogP contribution in [-0.2, 0) is 9.59 Å². The summed E-state index contributed by atoms with van der Waals surface area (Å²) in [6.45, 7) is 6.54. The molecule has 10 nitrogen and oxygen atoms in total. The third kappa shape index (κ3) is 7.68. The van der Waals surface area contributed by atoms with Crippen LogP contribution in [0, 0.1) is 5.92 Å². The molecule has 0 bridgehead atoms. The van der Waals surface area contributed by atoms with Crippen LogP contribution in [0.1, 0.15) is 69.5 Å². The van der Waals surface area contributed by atoms with E-state index >= 15 is 0 Å². The van der Waals surface area contributed by atoms with Crippen LogP contribution >= 0.6 is 11.6 Å². The molecule has 288 valence electrons. The first-order chi connectivity index (χ1) is 27.3. The van der Waals surface area contributed by atoms with Crippen molar-refractivity contribution in [2.45, 2.75) is 38.1 Å². The predicted molar refractivity (Wildman–Crippen MR) is 219 cm³/mol. The minimum Gasteiger partial charge on any atom is -0.508 e. The van der Waals surface area contributed by atoms with Gasteiger partial charge in [0.25, 0.3) is 11.8 Å². The minimum atomic E-state index is -0.965. The number of aromatic hydroxyl groups is 1. The fourth-order valence-electron chi connectivity index (χ4n) is 8.71. The fraction of sp³-hybridized carbons (Fsp3) is 0.333. The number of carbonyl (C=O) groups excluding carboxylic acids is 4. The number of allylic oxidation sites excluding steroid dienone is 1. The lowest BCUT2D eigenvalue weighted by Gasteiger charge is -2.40. The number of phenols is 1. The molecule has 8 rings (SSSR count). The summed E-state index contributed by atoms with van der Waals surface area (Å²) in [4.78, 5) is 58.9. The molecular weight excluding hydrogens is 726 g/mol. The molecule has 4 heterocycles. The van der Waals surface area contributed by atoms with E-state index in [9.17, 15) is 24.3 Å². The number of amides is 4. The van der Waals surface area contributed by atoms with Crippen LogP contribution in [0.3, 0.4) is 0 Å². The Balaban J connectivity index is 0.866. The number of nitrogens with one attached hydrogen (secondary N) is 1. The Hall–Kier alpha value is -5.45. The Morgan fingerprint density at radius 1 is 0.679 bits per heavy atom. The van der Waals surface area contributed by atoms with Gasteiger partial charge in [-0.05, 0) is 102 Å². The van der Waals surface area contributed by atoms with Crippen molar-refractivity contribution in [2.24, 2.45) is 5.92 Å². The van der Waals surface area contributed by atoms with Gasteiger partial charge in [0.05, 0.1) is 11.1 Å². The largest absolute Gasteiger partial charge is 0.508 e. The first-order valence-corrected chi connectivity index (χ1v) is 20.1. The van der Waals surface area contributed by atoms with E-state index in [0.29, 0.717) is 22.9 Å². The average molecular weight is 772 g/mol. The van der Waals surface area contributed by atoms with E-state index < -0.39 is 23.8 Å². The SMILES string of the molecule is O=C1CCC(N2C(=O)c3ccc(N4CCN(CC5CCN(c6ccc(C(=C(CCCl)c7ccccc7)c7ccc(O)cc7)cc6)CC5)CC4)cc3C2=O)C(=O)N1. The van der Waals surface area contributed by atoms with Crippen molar-refractivity contribution in [2.75, 3.05) is 61.5 Å². The molecule has 2 N–H and O–H groups in total. The molecule has 4 aliphatic heterocycles. The Kier molecular flexibility index (Phi) is 10.9. The lowest BCUT2D eigenvalue weighted by Crippen LogP contribution is -2.54. The third-order valence-corrected chi connectivity index (χ3v) is 11.9. The van der Waals surface area contributed by atoms with Gasteiger partial charge in [-0.2, -0.15) is 0 Å². The highest BCUT2D eigenvalue weighted by molar-refractivity contribution is 6.23. The number of nitrogens with zero attached hydrogens (tertiary/aromatic N) is 4. The van der Waals surface area contributed by atoms with E-state index in [4.69, 9.17) is 11.6 Å². The van der Waals surface area contributed by atoms with Crippen molar-refractivity contribution in [3.05, 3.63) is 125 Å². The van der Waals surface area contributed by atoms with Gasteiger partial charge in [0.2, 0.25) is 11.8 Å². The molecule has 4 aliphatic rings. The quantitative estimate of drug-likeness (QED) is 0.108. The van der Waals surface area contributed by atoms with E-state index in [0.717, 1.165) is 97.9 Å². The van der Waals surface area contributed by atoms with Crippen molar-refractivity contribution in [1.29, 1.82) is 0 Å². The van der Waals surface area contributed by atoms with Crippen LogP contribution in [0.2, 0.25) is 0 Å². The van der Waals surface area contributed by atoms with Gasteiger partial charge in [-0.15, -0.1) is 11.6 Å². The van der Waals surface area contributed by atoms with Gasteiger partial charge in [0.15, 0.2) is 0 Å². The van der Waals surface area contributed by atoms with E-state index in [2.05, 4.69) is 68.5 Å². The molecule has 11 heteroatoms. The number of piperidine rings is 2. The van der Waals surface area contributed by atoms with E-state index in [1.54, 1.807) is 24.3 Å². The molecule has 4 amide bonds. The number of hydrogen-bond donors (Lipinski definition) is 2. The second kappa shape index (κ2) is 16.3. The zero-order valence-corrected chi connectivity index (χ0v) is 32.1. The molecule has 4 aromatic carbocycles. The Morgan fingerprint density at radius 2 is 1.30 bits per heavy atom. The zero-order chi connectivity index (χ0) is 38.8. The molecule has 3 fully saturated rings. The molecule has 0 spiro atoms. The lowest BCUT2D eigenvalue weighted by molar-refractivity contribution is -0.136. The number of anilines is 2. The van der Waals surface area contributed by atoms with Crippen LogP contribution in [0.15, 0.2) is 97.1 Å². The number of phenolic OH excluding ortho intramolecular Hbond substituents is 1. The molecule has 4 aromatic rings. The summed E-state index contributed by atoms with van der Waals surface area (Å²) in [5, 5.41) is 12.3. The van der Waals surface area contributed by atoms with Crippen LogP contribution in [-0.4, -0.2) is 96.3 Å². The summed E-state index contributed by atoms with van der Waals surface area (Å²) in [6, 6.07) is 31.1. The summed E-state index contributed by atoms with van der Waals surface area (Å²) < 4.78 is 0. The number of benzene rings is 4. The van der Waals surface area contributed by atoms with E-state index in [1.807, 2.05) is 24.3 Å². The lowest BCUT2D eigenvalue weighted by atomic mass is 9.88. The normalized spacial score (nSPS) is 19.9. The highest BCUT2D eigenvalue weighted by Crippen LogP contribution is 2.37. The number of imide groups is 2. The Morgan fingerprint density at radius 3 is 1.96 bits per heavy atom. The van der Waals surface area contributed by atoms with Crippen LogP contribution in [0.4, 0.5) is 11.4 Å². The Bertz CT molecular complexity index is 2140. The number of rotatable bonds is 10. The second-order valence-corrected chi connectivity index (χ2v) is 15.5. The highest BCUT2D eigenvalue weighted by Gasteiger charge is 2.45. The zero-order valence-electron chi connectivity index (χ0n) is 31.3. The molecule has 56 heavy (non-hydrogen) atoms. The maximum absolute atomic E-state index is 13.4. The van der Waals surface area contributed by atoms with Gasteiger partial charge in [-0.25, -0.2) is 0 Å². The molecule has 0 aromatic heterocycles. The summed E-state index contributed by atoms with van der Waals surface area (Å²) in [7, 11) is 0. The van der Waals surface area contributed by atoms with Gasteiger partial charge >= 0.3 is 0 Å². The number of carbonyl (C=O) groups is 4. The summed E-state index contributed by atoms with van der Waals surface area (Å²) >= 11 is 6.36. The molecule has 0 radical (unpaired) electrons. The predicted octanol–water partition coefficient (Wildman–Crippen LogP) is 6.42. The molecular formula is C45H46ClN5O5. The van der Waals surface area contributed by atoms with Crippen molar-refractivity contribution in [3.63, 3.8) is 0 Å². The smallest absolute Gasteiger partial charge is 0.262 e. The van der Waals surface area contributed by atoms with E-state index in [-0.39, 0.29) is 24.5 Å². The summed E-state index contributed by atoms with van der Waals surface area (Å²) in [6.07, 6.45) is 3.21. The first kappa shape index (κ1) is 37.5. The fourth-order valence-corrected chi connectivity index (χ4v) is 8.90. The second-order valence-electron chi connectivity index (χ2n) is 15.1. The van der Waals surface area contributed by atoms with Gasteiger partial charge in [-0.3, -0.25) is 34.3 Å². The summed E-state index contributed by atoms with van der Waals surface area (Å²) in [5.74, 6) is -0.579. The molecule has 0 saturated carbocycles. The maximum atomic E-state index is 13.4. The maximum Gasteiger partial charge on any atom is 0.262 e. The van der Waals surface area contributed by atoms with Crippen LogP contribution < -0.4 is 15.1 Å². The Labute approximate surface area is 332 Å². The number of halogens is 1. The van der Waals surface area contributed by atoms with Crippen LogP contribution in [0.5, 0.6) is 5.75 Å². The molecule has 0 aliphatic carbocycles. The molecule has 1 atom stereocenters. The van der Waals surface area contributed by atoms with Crippen molar-refractivity contribution in [3.8, 4) is 5.75 Å². The van der Waals surface area contributed by atoms with Crippen LogP contribution in [0.25, 0.3) is 11.1 Å². The number of fused-ring (bicyclic) bond motifs is 1. The summed E-state index contributed by atoms with van der Waals surface area (Å²) in [5.41, 5.74) is 8.34. The van der Waals surface area contributed by atoms with Crippen molar-refractivity contribution >= 4 is 57.8 Å². The topological polar surface area (TPSA) is 114 Å². The van der Waals surface area contributed by atoms with Gasteiger partial charge < -0.3 is 14.9 Å². The van der Waals surface area contributed by atoms with Gasteiger partial charge in [0.1, 0.15) is 11.8 Å². The number of alkyl halides is 1. The number of hydrogen-bond acceptors (Lipinski definition) is 8. The monoisotopic (exact) mass is 771 g/mol. The van der Waals surface area contributed by atoms with E-state index in [1.165, 1.54) is 11.3 Å². The number of piperazine rings is 1.